The molecule has 0 aliphatic heterocycles. The molecule has 0 saturated heterocycles. The van der Waals surface area contributed by atoms with E-state index in [1.54, 1.807) is 0 Å². The summed E-state index contributed by atoms with van der Waals surface area (Å²) in [6.45, 7) is 0. The van der Waals surface area contributed by atoms with Gasteiger partial charge in [0.05, 0.1) is 24.2 Å². The second-order valence-electron chi connectivity index (χ2n) is 3.91. The molecule has 1 heterocycles. The van der Waals surface area contributed by atoms with Gasteiger partial charge in [0.15, 0.2) is 0 Å². The molecule has 1 aromatic rings. The van der Waals surface area contributed by atoms with Crippen LogP contribution in [0.2, 0.25) is 0 Å². The molecule has 0 bridgehead atoms. The van der Waals surface area contributed by atoms with Crippen molar-refractivity contribution in [3.05, 3.63) is 18.0 Å². The maximum Gasteiger partial charge on any atom is 0.0793 e. The van der Waals surface area contributed by atoms with Gasteiger partial charge in [0.2, 0.25) is 0 Å². The average molecular weight is 189 g/mol. The SMILES string of the molecule is N#CCc1ccn(C2CCCCC2)n1. The van der Waals surface area contributed by atoms with Crippen LogP contribution in [-0.4, -0.2) is 9.78 Å². The molecule has 0 spiro atoms. The highest BCUT2D eigenvalue weighted by Crippen LogP contribution is 2.27. The third-order valence-electron chi connectivity index (χ3n) is 2.87. The second kappa shape index (κ2) is 4.28. The molecule has 14 heavy (non-hydrogen) atoms. The highest BCUT2D eigenvalue weighted by atomic mass is 15.3. The predicted octanol–water partition coefficient (Wildman–Crippen LogP) is 2.45. The van der Waals surface area contributed by atoms with Gasteiger partial charge in [0.1, 0.15) is 0 Å². The highest BCUT2D eigenvalue weighted by molar-refractivity contribution is 5.05. The van der Waals surface area contributed by atoms with Gasteiger partial charge in [-0.05, 0) is 18.9 Å². The van der Waals surface area contributed by atoms with E-state index in [0.29, 0.717) is 12.5 Å². The Morgan fingerprint density at radius 2 is 2.21 bits per heavy atom. The summed E-state index contributed by atoms with van der Waals surface area (Å²) >= 11 is 0. The van der Waals surface area contributed by atoms with Crippen LogP contribution in [0.25, 0.3) is 0 Å². The van der Waals surface area contributed by atoms with Crippen LogP contribution < -0.4 is 0 Å². The molecule has 0 atom stereocenters. The molecule has 0 amide bonds. The number of hydrogen-bond acceptors (Lipinski definition) is 2. The van der Waals surface area contributed by atoms with Crippen LogP contribution in [0.5, 0.6) is 0 Å². The van der Waals surface area contributed by atoms with Crippen molar-refractivity contribution in [1.82, 2.24) is 9.78 Å². The number of aromatic nitrogens is 2. The topological polar surface area (TPSA) is 41.6 Å². The maximum absolute atomic E-state index is 8.54. The Balaban J connectivity index is 2.04. The fourth-order valence-electron chi connectivity index (χ4n) is 2.10. The summed E-state index contributed by atoms with van der Waals surface area (Å²) in [5, 5.41) is 13.0. The van der Waals surface area contributed by atoms with Gasteiger partial charge in [-0.1, -0.05) is 19.3 Å². The standard InChI is InChI=1S/C11H15N3/c12-8-6-10-7-9-14(13-10)11-4-2-1-3-5-11/h7,9,11H,1-6H2. The van der Waals surface area contributed by atoms with Crippen molar-refractivity contribution in [2.45, 2.75) is 44.6 Å². The Labute approximate surface area is 84.3 Å². The molecule has 1 aliphatic rings. The van der Waals surface area contributed by atoms with Gasteiger partial charge in [-0.15, -0.1) is 0 Å². The minimum Gasteiger partial charge on any atom is -0.269 e. The fraction of sp³-hybridized carbons (Fsp3) is 0.636. The number of nitriles is 1. The summed E-state index contributed by atoms with van der Waals surface area (Å²) in [6, 6.07) is 4.66. The molecule has 0 unspecified atom stereocenters. The number of nitrogens with zero attached hydrogens (tertiary/aromatic N) is 3. The zero-order chi connectivity index (χ0) is 9.80. The smallest absolute Gasteiger partial charge is 0.0793 e. The molecule has 2 rings (SSSR count). The zero-order valence-corrected chi connectivity index (χ0v) is 8.32. The molecule has 1 saturated carbocycles. The quantitative estimate of drug-likeness (QED) is 0.717. The van der Waals surface area contributed by atoms with E-state index in [0.717, 1.165) is 5.69 Å². The highest BCUT2D eigenvalue weighted by Gasteiger charge is 2.15. The van der Waals surface area contributed by atoms with Gasteiger partial charge in [-0.2, -0.15) is 10.4 Å². The Bertz CT molecular complexity index is 329. The largest absolute Gasteiger partial charge is 0.269 e. The first-order chi connectivity index (χ1) is 6.90. The van der Waals surface area contributed by atoms with Gasteiger partial charge in [0.25, 0.3) is 0 Å². The summed E-state index contributed by atoms with van der Waals surface area (Å²) in [5.74, 6) is 0. The summed E-state index contributed by atoms with van der Waals surface area (Å²) < 4.78 is 2.05. The Morgan fingerprint density at radius 3 is 2.93 bits per heavy atom. The zero-order valence-electron chi connectivity index (χ0n) is 8.32. The number of hydrogen-bond donors (Lipinski definition) is 0. The lowest BCUT2D eigenvalue weighted by atomic mass is 9.96. The van der Waals surface area contributed by atoms with E-state index < -0.39 is 0 Å². The molecule has 0 N–H and O–H groups in total. The third kappa shape index (κ3) is 1.95. The molecule has 1 fully saturated rings. The van der Waals surface area contributed by atoms with E-state index in [1.807, 2.05) is 16.9 Å². The summed E-state index contributed by atoms with van der Waals surface area (Å²) in [5.41, 5.74) is 0.901. The molecule has 1 aromatic heterocycles. The summed E-state index contributed by atoms with van der Waals surface area (Å²) in [6.07, 6.45) is 8.93. The van der Waals surface area contributed by atoms with Crippen LogP contribution in [-0.2, 0) is 6.42 Å². The predicted molar refractivity (Wildman–Crippen MR) is 53.7 cm³/mol. The van der Waals surface area contributed by atoms with Crippen LogP contribution >= 0.6 is 0 Å². The average Bonchev–Trinajstić information content (AvgIpc) is 2.68. The third-order valence-corrected chi connectivity index (χ3v) is 2.87. The van der Waals surface area contributed by atoms with E-state index in [4.69, 9.17) is 5.26 Å². The first kappa shape index (κ1) is 9.26. The molecule has 3 heteroatoms. The van der Waals surface area contributed by atoms with Crippen LogP contribution in [0, 0.1) is 11.3 Å². The minimum atomic E-state index is 0.430. The Hall–Kier alpha value is -1.30. The van der Waals surface area contributed by atoms with Crippen LogP contribution in [0.15, 0.2) is 12.3 Å². The first-order valence-electron chi connectivity index (χ1n) is 5.31. The van der Waals surface area contributed by atoms with Gasteiger partial charge in [-0.25, -0.2) is 0 Å². The van der Waals surface area contributed by atoms with Crippen LogP contribution in [0.1, 0.15) is 43.8 Å². The van der Waals surface area contributed by atoms with Crippen molar-refractivity contribution in [1.29, 1.82) is 5.26 Å². The van der Waals surface area contributed by atoms with Crippen molar-refractivity contribution in [2.75, 3.05) is 0 Å². The normalized spacial score (nSPS) is 17.9. The van der Waals surface area contributed by atoms with Crippen molar-refractivity contribution in [3.8, 4) is 6.07 Å². The van der Waals surface area contributed by atoms with E-state index in [2.05, 4.69) is 11.2 Å². The minimum absolute atomic E-state index is 0.430. The molecular formula is C11H15N3. The molecule has 0 radical (unpaired) electrons. The molecule has 3 nitrogen and oxygen atoms in total. The summed E-state index contributed by atoms with van der Waals surface area (Å²) in [4.78, 5) is 0. The lowest BCUT2D eigenvalue weighted by Crippen LogP contribution is -2.13. The molecule has 0 aromatic carbocycles. The van der Waals surface area contributed by atoms with Gasteiger partial charge < -0.3 is 0 Å². The monoisotopic (exact) mass is 189 g/mol. The lowest BCUT2D eigenvalue weighted by Gasteiger charge is -2.21. The van der Waals surface area contributed by atoms with E-state index in [-0.39, 0.29) is 0 Å². The second-order valence-corrected chi connectivity index (χ2v) is 3.91. The van der Waals surface area contributed by atoms with Crippen LogP contribution in [0.3, 0.4) is 0 Å². The molecule has 1 aliphatic carbocycles. The van der Waals surface area contributed by atoms with E-state index in [9.17, 15) is 0 Å². The number of rotatable bonds is 2. The van der Waals surface area contributed by atoms with Crippen LogP contribution in [0.4, 0.5) is 0 Å². The lowest BCUT2D eigenvalue weighted by molar-refractivity contribution is 0.328. The van der Waals surface area contributed by atoms with Crippen molar-refractivity contribution in [2.24, 2.45) is 0 Å². The Morgan fingerprint density at radius 1 is 1.43 bits per heavy atom. The van der Waals surface area contributed by atoms with Crippen molar-refractivity contribution < 1.29 is 0 Å². The maximum atomic E-state index is 8.54. The Kier molecular flexibility index (Phi) is 2.83. The van der Waals surface area contributed by atoms with E-state index in [1.165, 1.54) is 32.1 Å². The summed E-state index contributed by atoms with van der Waals surface area (Å²) in [7, 11) is 0. The van der Waals surface area contributed by atoms with Gasteiger partial charge in [0, 0.05) is 6.20 Å². The molecule has 74 valence electrons. The molecular weight excluding hydrogens is 174 g/mol. The van der Waals surface area contributed by atoms with Gasteiger partial charge >= 0.3 is 0 Å². The van der Waals surface area contributed by atoms with E-state index >= 15 is 0 Å². The van der Waals surface area contributed by atoms with Gasteiger partial charge in [-0.3, -0.25) is 4.68 Å². The van der Waals surface area contributed by atoms with Crippen molar-refractivity contribution >= 4 is 0 Å². The first-order valence-corrected chi connectivity index (χ1v) is 5.31. The fourth-order valence-corrected chi connectivity index (χ4v) is 2.10. The van der Waals surface area contributed by atoms with Crippen molar-refractivity contribution in [3.63, 3.8) is 0 Å².